The number of carbonyl (C=O) groups is 4. The van der Waals surface area contributed by atoms with Crippen LogP contribution in [0.5, 0.6) is 0 Å². The lowest BCUT2D eigenvalue weighted by atomic mass is 9.85. The summed E-state index contributed by atoms with van der Waals surface area (Å²) < 4.78 is 0. The van der Waals surface area contributed by atoms with Crippen molar-refractivity contribution in [3.63, 3.8) is 0 Å². The van der Waals surface area contributed by atoms with Crippen molar-refractivity contribution >= 4 is 35.5 Å². The van der Waals surface area contributed by atoms with Crippen molar-refractivity contribution in [3.05, 3.63) is 41.0 Å². The Morgan fingerprint density at radius 1 is 1.10 bits per heavy atom. The number of hydrogen-bond acceptors (Lipinski definition) is 6. The summed E-state index contributed by atoms with van der Waals surface area (Å²) in [5.74, 6) is 2.66. The van der Waals surface area contributed by atoms with Gasteiger partial charge in [0.05, 0.1) is 22.1 Å². The second kappa shape index (κ2) is 21.4. The predicted octanol–water partition coefficient (Wildman–Crippen LogP) is 7.06. The number of hydrogen-bond donors (Lipinski definition) is 2. The molecule has 3 rings (SSSR count). The summed E-state index contributed by atoms with van der Waals surface area (Å²) in [7, 11) is 1.80. The van der Waals surface area contributed by atoms with E-state index in [0.717, 1.165) is 75.6 Å². The van der Waals surface area contributed by atoms with Gasteiger partial charge in [0, 0.05) is 45.4 Å². The molecule has 1 fully saturated rings. The standard InChI is InChI=1S/C26H45N3O3.C13H14N2OS/c1-7-8-9-10-11-12-13-18-23(31)28(6)19-15-17-22(30)27-24(26(3,4)5)25(32)29-20-14-16-21(29)2;1-9(14-7-16)11-3-5-12(6-4-11)13-10(2)15-8-17-13/h1,21,24H,8-20H2,2-6H3,(H,27,30);3-9H,1-2H3,(H,14,16). The fourth-order valence-electron chi connectivity index (χ4n) is 5.83. The van der Waals surface area contributed by atoms with Gasteiger partial charge in [-0.2, -0.15) is 0 Å². The summed E-state index contributed by atoms with van der Waals surface area (Å²) >= 11 is 1.64. The number of unbranched alkanes of at least 4 members (excludes halogenated alkanes) is 5. The highest BCUT2D eigenvalue weighted by Gasteiger charge is 2.38. The van der Waals surface area contributed by atoms with E-state index in [1.54, 1.807) is 23.3 Å². The van der Waals surface area contributed by atoms with Crippen molar-refractivity contribution in [2.45, 2.75) is 130 Å². The molecule has 0 aliphatic carbocycles. The van der Waals surface area contributed by atoms with E-state index in [2.05, 4.69) is 40.6 Å². The molecule has 10 heteroatoms. The highest BCUT2D eigenvalue weighted by molar-refractivity contribution is 7.13. The number of nitrogens with one attached hydrogen (secondary N) is 2. The normalized spacial score (nSPS) is 15.3. The Balaban J connectivity index is 0.000000407. The second-order valence-corrected chi connectivity index (χ2v) is 15.0. The first-order chi connectivity index (χ1) is 23.3. The van der Waals surface area contributed by atoms with Crippen LogP contribution in [-0.2, 0) is 19.2 Å². The third kappa shape index (κ3) is 14.4. The van der Waals surface area contributed by atoms with Crippen LogP contribution < -0.4 is 10.6 Å². The Bertz CT molecular complexity index is 1360. The molecule has 3 unspecified atom stereocenters. The maximum absolute atomic E-state index is 13.1. The first kappa shape index (κ1) is 41.5. The second-order valence-electron chi connectivity index (χ2n) is 14.2. The molecule has 3 atom stereocenters. The number of nitrogens with zero attached hydrogens (tertiary/aromatic N) is 3. The fraction of sp³-hybridized carbons (Fsp3) is 0.615. The molecular weight excluding hydrogens is 635 g/mol. The summed E-state index contributed by atoms with van der Waals surface area (Å²) in [5, 5.41) is 5.71. The maximum Gasteiger partial charge on any atom is 0.245 e. The monoisotopic (exact) mass is 693 g/mol. The van der Waals surface area contributed by atoms with Crippen molar-refractivity contribution in [1.82, 2.24) is 25.4 Å². The van der Waals surface area contributed by atoms with Crippen LogP contribution in [0.2, 0.25) is 0 Å². The van der Waals surface area contributed by atoms with Gasteiger partial charge >= 0.3 is 0 Å². The SMILES string of the molecule is C#CCCCCCCCC(=O)N(C)CCCC(=O)NC(C(=O)N1CCCC1C)C(C)(C)C.Cc1ncsc1-c1ccc(C(C)NC=O)cc1. The topological polar surface area (TPSA) is 112 Å². The molecule has 2 aromatic rings. The van der Waals surface area contributed by atoms with Gasteiger partial charge in [0.1, 0.15) is 6.04 Å². The molecule has 1 aromatic heterocycles. The van der Waals surface area contributed by atoms with Crippen LogP contribution in [0.25, 0.3) is 10.4 Å². The summed E-state index contributed by atoms with van der Waals surface area (Å²) in [6, 6.07) is 7.95. The van der Waals surface area contributed by atoms with E-state index in [4.69, 9.17) is 6.42 Å². The molecule has 49 heavy (non-hydrogen) atoms. The van der Waals surface area contributed by atoms with Gasteiger partial charge in [0.2, 0.25) is 24.1 Å². The first-order valence-electron chi connectivity index (χ1n) is 17.8. The molecule has 0 spiro atoms. The summed E-state index contributed by atoms with van der Waals surface area (Å²) in [4.78, 5) is 57.3. The highest BCUT2D eigenvalue weighted by Crippen LogP contribution is 2.28. The largest absolute Gasteiger partial charge is 0.352 e. The van der Waals surface area contributed by atoms with E-state index in [1.165, 1.54) is 10.4 Å². The lowest BCUT2D eigenvalue weighted by molar-refractivity contribution is -0.140. The molecule has 2 N–H and O–H groups in total. The first-order valence-corrected chi connectivity index (χ1v) is 18.7. The van der Waals surface area contributed by atoms with Crippen molar-refractivity contribution in [1.29, 1.82) is 0 Å². The van der Waals surface area contributed by atoms with E-state index in [1.807, 2.05) is 57.2 Å². The minimum Gasteiger partial charge on any atom is -0.352 e. The van der Waals surface area contributed by atoms with Crippen molar-refractivity contribution in [2.75, 3.05) is 20.1 Å². The Hall–Kier alpha value is -3.71. The minimum absolute atomic E-state index is 0.0161. The van der Waals surface area contributed by atoms with Crippen LogP contribution in [0, 0.1) is 24.7 Å². The van der Waals surface area contributed by atoms with Crippen LogP contribution >= 0.6 is 11.3 Å². The predicted molar refractivity (Wildman–Crippen MR) is 200 cm³/mol. The quantitative estimate of drug-likeness (QED) is 0.105. The van der Waals surface area contributed by atoms with E-state index < -0.39 is 6.04 Å². The third-order valence-corrected chi connectivity index (χ3v) is 10.0. The number of amides is 4. The van der Waals surface area contributed by atoms with Crippen LogP contribution in [0.15, 0.2) is 29.8 Å². The van der Waals surface area contributed by atoms with E-state index >= 15 is 0 Å². The highest BCUT2D eigenvalue weighted by atomic mass is 32.1. The molecule has 2 heterocycles. The maximum atomic E-state index is 13.1. The number of benzene rings is 1. The van der Waals surface area contributed by atoms with Crippen LogP contribution in [-0.4, -0.2) is 71.1 Å². The van der Waals surface area contributed by atoms with Gasteiger partial charge in [0.15, 0.2) is 0 Å². The molecule has 1 aromatic carbocycles. The summed E-state index contributed by atoms with van der Waals surface area (Å²) in [6.45, 7) is 13.3. The molecular formula is C39H59N5O4S. The number of terminal acetylenes is 1. The van der Waals surface area contributed by atoms with Crippen molar-refractivity contribution in [2.24, 2.45) is 5.41 Å². The fourth-order valence-corrected chi connectivity index (χ4v) is 6.65. The van der Waals surface area contributed by atoms with Gasteiger partial charge in [-0.05, 0) is 69.4 Å². The van der Waals surface area contributed by atoms with Crippen LogP contribution in [0.4, 0.5) is 0 Å². The average Bonchev–Trinajstić information content (AvgIpc) is 3.70. The summed E-state index contributed by atoms with van der Waals surface area (Å²) in [5.41, 5.74) is 4.83. The molecule has 0 radical (unpaired) electrons. The van der Waals surface area contributed by atoms with Gasteiger partial charge in [0.25, 0.3) is 0 Å². The zero-order valence-electron chi connectivity index (χ0n) is 30.8. The van der Waals surface area contributed by atoms with Crippen LogP contribution in [0.3, 0.4) is 0 Å². The molecule has 1 aliphatic heterocycles. The van der Waals surface area contributed by atoms with Crippen molar-refractivity contribution < 1.29 is 19.2 Å². The lowest BCUT2D eigenvalue weighted by Crippen LogP contribution is -2.55. The Kier molecular flexibility index (Phi) is 18.1. The molecule has 270 valence electrons. The van der Waals surface area contributed by atoms with E-state index in [-0.39, 0.29) is 35.2 Å². The van der Waals surface area contributed by atoms with Crippen LogP contribution in [0.1, 0.15) is 123 Å². The third-order valence-electron chi connectivity index (χ3n) is 9.03. The van der Waals surface area contributed by atoms with Gasteiger partial charge in [-0.25, -0.2) is 4.98 Å². The molecule has 9 nitrogen and oxygen atoms in total. The van der Waals surface area contributed by atoms with Crippen molar-refractivity contribution in [3.8, 4) is 22.8 Å². The number of rotatable bonds is 17. The molecule has 1 aliphatic rings. The lowest BCUT2D eigenvalue weighted by Gasteiger charge is -2.35. The number of aromatic nitrogens is 1. The Labute approximate surface area is 299 Å². The summed E-state index contributed by atoms with van der Waals surface area (Å²) in [6.07, 6.45) is 15.5. The van der Waals surface area contributed by atoms with E-state index in [0.29, 0.717) is 25.8 Å². The Morgan fingerprint density at radius 2 is 1.78 bits per heavy atom. The number of aryl methyl sites for hydroxylation is 1. The van der Waals surface area contributed by atoms with Gasteiger partial charge in [-0.3, -0.25) is 19.2 Å². The number of carbonyl (C=O) groups excluding carboxylic acids is 4. The van der Waals surface area contributed by atoms with Gasteiger partial charge < -0.3 is 20.4 Å². The molecule has 4 amide bonds. The zero-order chi connectivity index (χ0) is 36.4. The van der Waals surface area contributed by atoms with Gasteiger partial charge in [-0.15, -0.1) is 23.7 Å². The zero-order valence-corrected chi connectivity index (χ0v) is 31.7. The minimum atomic E-state index is -0.532. The number of thiazole rings is 1. The molecule has 0 bridgehead atoms. The molecule has 0 saturated carbocycles. The number of likely N-dealkylation sites (tertiary alicyclic amines) is 1. The average molecular weight is 694 g/mol. The Morgan fingerprint density at radius 3 is 2.35 bits per heavy atom. The molecule has 1 saturated heterocycles. The smallest absolute Gasteiger partial charge is 0.245 e. The van der Waals surface area contributed by atoms with E-state index in [9.17, 15) is 19.2 Å². The van der Waals surface area contributed by atoms with Gasteiger partial charge in [-0.1, -0.05) is 64.3 Å².